The summed E-state index contributed by atoms with van der Waals surface area (Å²) in [5.41, 5.74) is 0. The van der Waals surface area contributed by atoms with Crippen molar-refractivity contribution in [1.82, 2.24) is 20.4 Å². The van der Waals surface area contributed by atoms with Crippen LogP contribution in [0.3, 0.4) is 0 Å². The number of nitrogens with zero attached hydrogens (tertiary/aromatic N) is 4. The first-order chi connectivity index (χ1) is 5.86. The lowest BCUT2D eigenvalue weighted by atomic mass is 10.7. The number of rotatable bonds is 4. The molecule has 0 radical (unpaired) electrons. The van der Waals surface area contributed by atoms with Crippen molar-refractivity contribution in [3.8, 4) is 0 Å². The van der Waals surface area contributed by atoms with Crippen LogP contribution in [0.2, 0.25) is 0 Å². The molecule has 0 saturated carbocycles. The molecule has 0 amide bonds. The van der Waals surface area contributed by atoms with Gasteiger partial charge in [-0.25, -0.2) is 0 Å². The zero-order chi connectivity index (χ0) is 8.81. The van der Waals surface area contributed by atoms with Crippen molar-refractivity contribution in [1.29, 1.82) is 0 Å². The Morgan fingerprint density at radius 1 is 0.833 bits per heavy atom. The first-order valence-corrected chi connectivity index (χ1v) is 6.18. The fourth-order valence-corrected chi connectivity index (χ4v) is 1.39. The van der Waals surface area contributed by atoms with E-state index in [-0.39, 0.29) is 0 Å². The molecule has 1 rings (SSSR count). The maximum Gasteiger partial charge on any atom is 0.183 e. The van der Waals surface area contributed by atoms with E-state index in [1.807, 2.05) is 12.5 Å². The molecular formula is C6H10N4S2. The molecule has 0 aliphatic rings. The average molecular weight is 202 g/mol. The minimum absolute atomic E-state index is 0.701. The van der Waals surface area contributed by atoms with Crippen LogP contribution in [0.4, 0.5) is 0 Å². The quantitative estimate of drug-likeness (QED) is 0.726. The number of thioether (sulfide) groups is 2. The Balaban J connectivity index is 2.58. The van der Waals surface area contributed by atoms with Crippen molar-refractivity contribution in [2.45, 2.75) is 11.5 Å². The van der Waals surface area contributed by atoms with E-state index in [9.17, 15) is 0 Å². The van der Waals surface area contributed by atoms with Crippen LogP contribution in [0.5, 0.6) is 0 Å². The third-order valence-electron chi connectivity index (χ3n) is 1.11. The Morgan fingerprint density at radius 2 is 1.17 bits per heavy atom. The molecule has 0 saturated heterocycles. The van der Waals surface area contributed by atoms with Gasteiger partial charge in [0.2, 0.25) is 0 Å². The molecule has 0 aliphatic heterocycles. The van der Waals surface area contributed by atoms with Crippen LogP contribution in [0.15, 0.2) is 0 Å². The second-order valence-electron chi connectivity index (χ2n) is 2.10. The molecule has 1 aromatic heterocycles. The van der Waals surface area contributed by atoms with Crippen molar-refractivity contribution < 1.29 is 0 Å². The molecule has 4 nitrogen and oxygen atoms in total. The largest absolute Gasteiger partial charge is 0.183 e. The SMILES string of the molecule is CSCc1nnc(CSC)nn1. The van der Waals surface area contributed by atoms with Crippen LogP contribution < -0.4 is 0 Å². The Labute approximate surface area is 80.0 Å². The van der Waals surface area contributed by atoms with Crippen molar-refractivity contribution in [2.24, 2.45) is 0 Å². The van der Waals surface area contributed by atoms with Gasteiger partial charge in [-0.05, 0) is 12.5 Å². The highest BCUT2D eigenvalue weighted by Crippen LogP contribution is 2.03. The summed E-state index contributed by atoms with van der Waals surface area (Å²) in [6.07, 6.45) is 4.00. The number of hydrogen-bond acceptors (Lipinski definition) is 6. The summed E-state index contributed by atoms with van der Waals surface area (Å²) < 4.78 is 0. The minimum Gasteiger partial charge on any atom is -0.157 e. The predicted molar refractivity (Wildman–Crippen MR) is 52.1 cm³/mol. The molecule has 0 N–H and O–H groups in total. The van der Waals surface area contributed by atoms with Crippen molar-refractivity contribution in [3.63, 3.8) is 0 Å². The number of aromatic nitrogens is 4. The van der Waals surface area contributed by atoms with Gasteiger partial charge >= 0.3 is 0 Å². The van der Waals surface area contributed by atoms with E-state index < -0.39 is 0 Å². The third-order valence-corrected chi connectivity index (χ3v) is 2.20. The predicted octanol–water partition coefficient (Wildman–Crippen LogP) is 0.993. The summed E-state index contributed by atoms with van der Waals surface area (Å²) in [7, 11) is 0. The van der Waals surface area contributed by atoms with E-state index in [2.05, 4.69) is 20.4 Å². The maximum absolute atomic E-state index is 3.93. The molecule has 1 aromatic rings. The monoisotopic (exact) mass is 202 g/mol. The Kier molecular flexibility index (Phi) is 4.31. The normalized spacial score (nSPS) is 10.2. The van der Waals surface area contributed by atoms with Crippen molar-refractivity contribution in [3.05, 3.63) is 11.6 Å². The molecule has 0 atom stereocenters. The first kappa shape index (κ1) is 9.73. The van der Waals surface area contributed by atoms with Gasteiger partial charge in [-0.15, -0.1) is 20.4 Å². The maximum atomic E-state index is 3.93. The molecule has 12 heavy (non-hydrogen) atoms. The molecule has 0 unspecified atom stereocenters. The van der Waals surface area contributed by atoms with Crippen molar-refractivity contribution >= 4 is 23.5 Å². The highest BCUT2D eigenvalue weighted by molar-refractivity contribution is 7.98. The minimum atomic E-state index is 0.701. The van der Waals surface area contributed by atoms with Crippen LogP contribution in [0.1, 0.15) is 11.6 Å². The Morgan fingerprint density at radius 3 is 1.42 bits per heavy atom. The lowest BCUT2D eigenvalue weighted by Gasteiger charge is -1.95. The highest BCUT2D eigenvalue weighted by atomic mass is 32.2. The van der Waals surface area contributed by atoms with E-state index >= 15 is 0 Å². The Bertz CT molecular complexity index is 200. The van der Waals surface area contributed by atoms with E-state index in [1.165, 1.54) is 0 Å². The summed E-state index contributed by atoms with van der Waals surface area (Å²) in [4.78, 5) is 0. The van der Waals surface area contributed by atoms with Crippen LogP contribution in [0, 0.1) is 0 Å². The summed E-state index contributed by atoms with van der Waals surface area (Å²) >= 11 is 3.33. The molecule has 66 valence electrons. The summed E-state index contributed by atoms with van der Waals surface area (Å²) in [5, 5.41) is 15.7. The van der Waals surface area contributed by atoms with E-state index in [4.69, 9.17) is 0 Å². The second-order valence-corrected chi connectivity index (χ2v) is 3.83. The van der Waals surface area contributed by atoms with Gasteiger partial charge in [0.25, 0.3) is 0 Å². The van der Waals surface area contributed by atoms with E-state index in [0.29, 0.717) is 11.6 Å². The standard InChI is InChI=1S/C6H10N4S2/c1-11-3-5-7-9-6(4-12-2)10-8-5/h3-4H2,1-2H3. The zero-order valence-corrected chi connectivity index (χ0v) is 8.65. The van der Waals surface area contributed by atoms with Crippen LogP contribution in [-0.2, 0) is 11.5 Å². The molecule has 0 bridgehead atoms. The zero-order valence-electron chi connectivity index (χ0n) is 7.02. The second kappa shape index (κ2) is 5.31. The smallest absolute Gasteiger partial charge is 0.157 e. The van der Waals surface area contributed by atoms with Gasteiger partial charge in [0.15, 0.2) is 11.6 Å². The van der Waals surface area contributed by atoms with Crippen LogP contribution in [0.25, 0.3) is 0 Å². The first-order valence-electron chi connectivity index (χ1n) is 3.40. The van der Waals surface area contributed by atoms with Gasteiger partial charge < -0.3 is 0 Å². The summed E-state index contributed by atoms with van der Waals surface area (Å²) in [6, 6.07) is 0. The number of hydrogen-bond donors (Lipinski definition) is 0. The molecule has 0 fully saturated rings. The summed E-state index contributed by atoms with van der Waals surface area (Å²) in [5.74, 6) is 2.96. The summed E-state index contributed by atoms with van der Waals surface area (Å²) in [6.45, 7) is 0. The van der Waals surface area contributed by atoms with Gasteiger partial charge in [0.1, 0.15) is 0 Å². The molecule has 6 heteroatoms. The molecule has 0 spiro atoms. The molecule has 0 aliphatic carbocycles. The fraction of sp³-hybridized carbons (Fsp3) is 0.667. The highest BCUT2D eigenvalue weighted by Gasteiger charge is 1.99. The molecule has 1 heterocycles. The third kappa shape index (κ3) is 2.94. The van der Waals surface area contributed by atoms with Gasteiger partial charge in [-0.2, -0.15) is 23.5 Å². The van der Waals surface area contributed by atoms with E-state index in [1.54, 1.807) is 23.5 Å². The van der Waals surface area contributed by atoms with Crippen molar-refractivity contribution in [2.75, 3.05) is 12.5 Å². The van der Waals surface area contributed by atoms with Crippen LogP contribution >= 0.6 is 23.5 Å². The van der Waals surface area contributed by atoms with E-state index in [0.717, 1.165) is 11.5 Å². The van der Waals surface area contributed by atoms with Gasteiger partial charge in [0, 0.05) is 0 Å². The topological polar surface area (TPSA) is 51.6 Å². The Hall–Kier alpha value is -0.360. The van der Waals surface area contributed by atoms with Crippen LogP contribution in [-0.4, -0.2) is 32.9 Å². The van der Waals surface area contributed by atoms with Gasteiger partial charge in [-0.3, -0.25) is 0 Å². The lowest BCUT2D eigenvalue weighted by molar-refractivity contribution is 0.757. The fourth-order valence-electron chi connectivity index (χ4n) is 0.645. The average Bonchev–Trinajstić information content (AvgIpc) is 2.09. The molecular weight excluding hydrogens is 192 g/mol. The van der Waals surface area contributed by atoms with Gasteiger partial charge in [0.05, 0.1) is 11.5 Å². The molecule has 0 aromatic carbocycles. The van der Waals surface area contributed by atoms with Gasteiger partial charge in [-0.1, -0.05) is 0 Å². The lowest BCUT2D eigenvalue weighted by Crippen LogP contribution is -2.03.